The molecule has 1 fully saturated rings. The molecule has 0 spiro atoms. The molecule has 1 aromatic carbocycles. The van der Waals surface area contributed by atoms with Crippen molar-refractivity contribution in [2.24, 2.45) is 0 Å². The summed E-state index contributed by atoms with van der Waals surface area (Å²) >= 11 is 0. The van der Waals surface area contributed by atoms with E-state index in [0.29, 0.717) is 18.5 Å². The fraction of sp³-hybridized carbons (Fsp3) is 0.333. The number of nitrogens with one attached hydrogen (secondary N) is 1. The predicted molar refractivity (Wildman–Crippen MR) is 85.7 cm³/mol. The van der Waals surface area contributed by atoms with Gasteiger partial charge in [0.15, 0.2) is 0 Å². The van der Waals surface area contributed by atoms with Crippen molar-refractivity contribution in [3.8, 4) is 0 Å². The zero-order valence-corrected chi connectivity index (χ0v) is 13.1. The van der Waals surface area contributed by atoms with E-state index in [1.54, 1.807) is 24.5 Å². The number of furan rings is 1. The molecule has 23 heavy (non-hydrogen) atoms. The van der Waals surface area contributed by atoms with E-state index in [9.17, 15) is 9.59 Å². The van der Waals surface area contributed by atoms with Gasteiger partial charge in [-0.05, 0) is 43.2 Å². The number of rotatable bonds is 5. The minimum absolute atomic E-state index is 0.141. The van der Waals surface area contributed by atoms with Crippen LogP contribution in [0.2, 0.25) is 0 Å². The second-order valence-corrected chi connectivity index (χ2v) is 5.83. The van der Waals surface area contributed by atoms with Crippen molar-refractivity contribution in [2.45, 2.75) is 32.4 Å². The van der Waals surface area contributed by atoms with Crippen molar-refractivity contribution in [1.29, 1.82) is 0 Å². The predicted octanol–water partition coefficient (Wildman–Crippen LogP) is 2.89. The van der Waals surface area contributed by atoms with Crippen LogP contribution in [0.25, 0.3) is 0 Å². The topological polar surface area (TPSA) is 62.6 Å². The maximum atomic E-state index is 12.2. The smallest absolute Gasteiger partial charge is 0.251 e. The summed E-state index contributed by atoms with van der Waals surface area (Å²) < 4.78 is 5.28. The first-order valence-corrected chi connectivity index (χ1v) is 7.84. The van der Waals surface area contributed by atoms with Crippen molar-refractivity contribution < 1.29 is 14.0 Å². The molecule has 2 heterocycles. The molecule has 2 amide bonds. The molecule has 0 saturated carbocycles. The van der Waals surface area contributed by atoms with Gasteiger partial charge in [-0.1, -0.05) is 12.1 Å². The minimum atomic E-state index is -0.181. The summed E-state index contributed by atoms with van der Waals surface area (Å²) in [6.45, 7) is 3.31. The minimum Gasteiger partial charge on any atom is -0.467 e. The average Bonchev–Trinajstić information content (AvgIpc) is 3.20. The number of likely N-dealkylation sites (tertiary alicyclic amines) is 1. The van der Waals surface area contributed by atoms with E-state index in [4.69, 9.17) is 4.42 Å². The normalized spacial score (nSPS) is 15.7. The Labute approximate surface area is 135 Å². The van der Waals surface area contributed by atoms with E-state index in [1.165, 1.54) is 0 Å². The number of benzene rings is 1. The van der Waals surface area contributed by atoms with E-state index < -0.39 is 0 Å². The lowest BCUT2D eigenvalue weighted by atomic mass is 10.1. The first-order valence-electron chi connectivity index (χ1n) is 7.84. The summed E-state index contributed by atoms with van der Waals surface area (Å²) in [5.74, 6) is 0.791. The zero-order valence-electron chi connectivity index (χ0n) is 13.1. The van der Waals surface area contributed by atoms with Gasteiger partial charge in [0.05, 0.1) is 12.3 Å². The number of amides is 2. The standard InChI is InChI=1S/C18H20N2O3/c1-13(16-4-3-11-23-16)19-18(22)15-8-6-14(7-9-15)12-20-10-2-5-17(20)21/h3-4,6-9,11,13H,2,5,10,12H2,1H3,(H,19,22). The van der Waals surface area contributed by atoms with Gasteiger partial charge < -0.3 is 14.6 Å². The molecule has 1 saturated heterocycles. The molecule has 5 heteroatoms. The van der Waals surface area contributed by atoms with Crippen LogP contribution in [0.5, 0.6) is 0 Å². The van der Waals surface area contributed by atoms with Crippen LogP contribution in [-0.2, 0) is 11.3 Å². The lowest BCUT2D eigenvalue weighted by Gasteiger charge is -2.16. The lowest BCUT2D eigenvalue weighted by molar-refractivity contribution is -0.128. The molecule has 1 aliphatic rings. The van der Waals surface area contributed by atoms with E-state index in [1.807, 2.05) is 30.0 Å². The summed E-state index contributed by atoms with van der Waals surface area (Å²) in [5.41, 5.74) is 1.63. The summed E-state index contributed by atoms with van der Waals surface area (Å²) in [7, 11) is 0. The van der Waals surface area contributed by atoms with Crippen molar-refractivity contribution in [3.05, 3.63) is 59.5 Å². The Morgan fingerprint density at radius 2 is 2.09 bits per heavy atom. The Morgan fingerprint density at radius 1 is 1.30 bits per heavy atom. The molecule has 0 bridgehead atoms. The summed E-state index contributed by atoms with van der Waals surface area (Å²) in [5, 5.41) is 2.90. The highest BCUT2D eigenvalue weighted by atomic mass is 16.3. The van der Waals surface area contributed by atoms with E-state index in [-0.39, 0.29) is 17.9 Å². The average molecular weight is 312 g/mol. The molecule has 2 aromatic rings. The first-order chi connectivity index (χ1) is 11.1. The highest BCUT2D eigenvalue weighted by Gasteiger charge is 2.20. The molecule has 0 aliphatic carbocycles. The second-order valence-electron chi connectivity index (χ2n) is 5.83. The number of carbonyl (C=O) groups is 2. The van der Waals surface area contributed by atoms with Crippen LogP contribution < -0.4 is 5.32 Å². The molecular formula is C18H20N2O3. The first kappa shape index (κ1) is 15.3. The fourth-order valence-electron chi connectivity index (χ4n) is 2.74. The Bertz CT molecular complexity index is 677. The fourth-order valence-corrected chi connectivity index (χ4v) is 2.74. The van der Waals surface area contributed by atoms with Crippen LogP contribution in [0.4, 0.5) is 0 Å². The summed E-state index contributed by atoms with van der Waals surface area (Å²) in [4.78, 5) is 25.7. The van der Waals surface area contributed by atoms with Crippen LogP contribution in [0.15, 0.2) is 47.1 Å². The van der Waals surface area contributed by atoms with Gasteiger partial charge >= 0.3 is 0 Å². The quantitative estimate of drug-likeness (QED) is 0.923. The van der Waals surface area contributed by atoms with Crippen molar-refractivity contribution in [1.82, 2.24) is 10.2 Å². The van der Waals surface area contributed by atoms with E-state index in [0.717, 1.165) is 24.3 Å². The summed E-state index contributed by atoms with van der Waals surface area (Å²) in [6.07, 6.45) is 3.17. The van der Waals surface area contributed by atoms with Gasteiger partial charge in [0.2, 0.25) is 5.91 Å². The third-order valence-corrected chi connectivity index (χ3v) is 4.08. The maximum Gasteiger partial charge on any atom is 0.251 e. The van der Waals surface area contributed by atoms with Crippen LogP contribution in [-0.4, -0.2) is 23.3 Å². The molecule has 1 atom stereocenters. The number of nitrogens with zero attached hydrogens (tertiary/aromatic N) is 1. The second kappa shape index (κ2) is 6.69. The van der Waals surface area contributed by atoms with Gasteiger partial charge in [0.1, 0.15) is 5.76 Å². The van der Waals surface area contributed by atoms with Crippen LogP contribution >= 0.6 is 0 Å². The molecule has 1 unspecified atom stereocenters. The molecule has 0 radical (unpaired) electrons. The molecular weight excluding hydrogens is 292 g/mol. The summed E-state index contributed by atoms with van der Waals surface area (Å²) in [6, 6.07) is 10.8. The zero-order chi connectivity index (χ0) is 16.2. The molecule has 1 aliphatic heterocycles. The highest BCUT2D eigenvalue weighted by Crippen LogP contribution is 2.16. The molecule has 1 aromatic heterocycles. The van der Waals surface area contributed by atoms with Crippen LogP contribution in [0, 0.1) is 0 Å². The van der Waals surface area contributed by atoms with Gasteiger partial charge in [-0.3, -0.25) is 9.59 Å². The van der Waals surface area contributed by atoms with Gasteiger partial charge in [0, 0.05) is 25.1 Å². The van der Waals surface area contributed by atoms with E-state index in [2.05, 4.69) is 5.32 Å². The molecule has 5 nitrogen and oxygen atoms in total. The largest absolute Gasteiger partial charge is 0.467 e. The number of hydrogen-bond acceptors (Lipinski definition) is 3. The van der Waals surface area contributed by atoms with Crippen molar-refractivity contribution >= 4 is 11.8 Å². The SMILES string of the molecule is CC(NC(=O)c1ccc(CN2CCCC2=O)cc1)c1ccco1. The van der Waals surface area contributed by atoms with Gasteiger partial charge in [0.25, 0.3) is 5.91 Å². The third kappa shape index (κ3) is 3.62. The Kier molecular flexibility index (Phi) is 4.46. The van der Waals surface area contributed by atoms with Crippen molar-refractivity contribution in [2.75, 3.05) is 6.54 Å². The van der Waals surface area contributed by atoms with Gasteiger partial charge in [-0.15, -0.1) is 0 Å². The lowest BCUT2D eigenvalue weighted by Crippen LogP contribution is -2.26. The third-order valence-electron chi connectivity index (χ3n) is 4.08. The maximum absolute atomic E-state index is 12.2. The molecule has 3 rings (SSSR count). The molecule has 1 N–H and O–H groups in total. The number of carbonyl (C=O) groups excluding carboxylic acids is 2. The monoisotopic (exact) mass is 312 g/mol. The Morgan fingerprint density at radius 3 is 2.70 bits per heavy atom. The number of hydrogen-bond donors (Lipinski definition) is 1. The molecule has 120 valence electrons. The van der Waals surface area contributed by atoms with Crippen LogP contribution in [0.1, 0.15) is 47.5 Å². The highest BCUT2D eigenvalue weighted by molar-refractivity contribution is 5.94. The van der Waals surface area contributed by atoms with Crippen molar-refractivity contribution in [3.63, 3.8) is 0 Å². The van der Waals surface area contributed by atoms with Gasteiger partial charge in [-0.25, -0.2) is 0 Å². The van der Waals surface area contributed by atoms with Crippen LogP contribution in [0.3, 0.4) is 0 Å². The van der Waals surface area contributed by atoms with E-state index >= 15 is 0 Å². The Balaban J connectivity index is 1.60. The van der Waals surface area contributed by atoms with Gasteiger partial charge in [-0.2, -0.15) is 0 Å². The Hall–Kier alpha value is -2.56.